The van der Waals surface area contributed by atoms with Gasteiger partial charge >= 0.3 is 11.6 Å². The Morgan fingerprint density at radius 2 is 2.15 bits per heavy atom. The molecule has 3 N–H and O–H groups in total. The molecule has 0 radical (unpaired) electrons. The maximum absolute atomic E-state index is 14.4. The molecule has 1 fully saturated rings. The summed E-state index contributed by atoms with van der Waals surface area (Å²) < 4.78 is 14.4. The van der Waals surface area contributed by atoms with Crippen LogP contribution in [-0.2, 0) is 16.1 Å². The predicted molar refractivity (Wildman–Crippen MR) is 89.7 cm³/mol. The van der Waals surface area contributed by atoms with Gasteiger partial charge in [0.25, 0.3) is 0 Å². The number of nitrogens with zero attached hydrogens (tertiary/aromatic N) is 3. The minimum absolute atomic E-state index is 0.00732. The number of anilines is 1. The molecule has 1 aromatic carbocycles. The number of primary amides is 1. The van der Waals surface area contributed by atoms with Crippen LogP contribution in [0.25, 0.3) is 0 Å². The van der Waals surface area contributed by atoms with Crippen LogP contribution in [-0.4, -0.2) is 40.4 Å². The van der Waals surface area contributed by atoms with Gasteiger partial charge < -0.3 is 20.9 Å². The molecule has 1 atom stereocenters. The fourth-order valence-electron chi connectivity index (χ4n) is 3.14. The molecule has 2 amide bonds. The van der Waals surface area contributed by atoms with Crippen molar-refractivity contribution < 1.29 is 18.9 Å². The molecule has 2 heterocycles. The number of amides is 2. The second-order valence-corrected chi connectivity index (χ2v) is 6.23. The Labute approximate surface area is 148 Å². The molecule has 0 aliphatic carbocycles. The van der Waals surface area contributed by atoms with Crippen molar-refractivity contribution in [3.8, 4) is 0 Å². The standard InChI is InChI=1S/C16H18FN5O4/c17-13-8-19-16(15(18)24,22(25)26)10-21(13)12-5-2-1-4-11(12)9-20-7-3-6-14(20)23/h1-2,4-5,8,19H,3,6-7,9-10H2,(H2,18,24). The third kappa shape index (κ3) is 2.93. The van der Waals surface area contributed by atoms with Crippen LogP contribution in [0.1, 0.15) is 18.4 Å². The summed E-state index contributed by atoms with van der Waals surface area (Å²) in [6.07, 6.45) is 1.99. The van der Waals surface area contributed by atoms with E-state index < -0.39 is 29.0 Å². The monoisotopic (exact) mass is 363 g/mol. The van der Waals surface area contributed by atoms with Gasteiger partial charge in [0.2, 0.25) is 11.9 Å². The molecule has 10 heteroatoms. The Morgan fingerprint density at radius 3 is 2.77 bits per heavy atom. The smallest absolute Gasteiger partial charge is 0.362 e. The Balaban J connectivity index is 1.96. The summed E-state index contributed by atoms with van der Waals surface area (Å²) in [7, 11) is 0. The maximum Gasteiger partial charge on any atom is 0.389 e. The molecule has 2 aliphatic rings. The first-order valence-electron chi connectivity index (χ1n) is 8.06. The average Bonchev–Trinajstić information content (AvgIpc) is 3.00. The van der Waals surface area contributed by atoms with E-state index in [9.17, 15) is 24.1 Å². The van der Waals surface area contributed by atoms with Crippen LogP contribution < -0.4 is 16.0 Å². The second kappa shape index (κ2) is 6.62. The third-order valence-corrected chi connectivity index (χ3v) is 4.61. The Hall–Kier alpha value is -3.17. The van der Waals surface area contributed by atoms with Gasteiger partial charge in [0.15, 0.2) is 0 Å². The largest absolute Gasteiger partial charge is 0.389 e. The van der Waals surface area contributed by atoms with Gasteiger partial charge in [-0.2, -0.15) is 4.39 Å². The molecule has 26 heavy (non-hydrogen) atoms. The summed E-state index contributed by atoms with van der Waals surface area (Å²) in [6, 6.07) is 6.69. The van der Waals surface area contributed by atoms with Crippen LogP contribution in [0.2, 0.25) is 0 Å². The molecular formula is C16H18FN5O4. The topological polar surface area (TPSA) is 122 Å². The quantitative estimate of drug-likeness (QED) is 0.445. The second-order valence-electron chi connectivity index (χ2n) is 6.23. The normalized spacial score (nSPS) is 22.8. The van der Waals surface area contributed by atoms with Crippen LogP contribution in [0.5, 0.6) is 0 Å². The Morgan fingerprint density at radius 1 is 1.42 bits per heavy atom. The van der Waals surface area contributed by atoms with Crippen LogP contribution in [0.15, 0.2) is 36.4 Å². The van der Waals surface area contributed by atoms with E-state index in [-0.39, 0.29) is 12.5 Å². The van der Waals surface area contributed by atoms with Gasteiger partial charge in [-0.1, -0.05) is 18.2 Å². The fraction of sp³-hybridized carbons (Fsp3) is 0.375. The zero-order chi connectivity index (χ0) is 18.9. The SMILES string of the molecule is NC(=O)C1([N+](=O)[O-])CN(c2ccccc2CN2CCCC2=O)C(F)=CN1. The van der Waals surface area contributed by atoms with Crippen molar-refractivity contribution in [2.75, 3.05) is 18.0 Å². The summed E-state index contributed by atoms with van der Waals surface area (Å²) in [4.78, 5) is 36.8. The van der Waals surface area contributed by atoms with Crippen molar-refractivity contribution in [3.63, 3.8) is 0 Å². The van der Waals surface area contributed by atoms with E-state index in [2.05, 4.69) is 5.32 Å². The number of rotatable bonds is 5. The van der Waals surface area contributed by atoms with E-state index in [1.54, 1.807) is 29.2 Å². The van der Waals surface area contributed by atoms with Crippen molar-refractivity contribution in [3.05, 3.63) is 52.1 Å². The summed E-state index contributed by atoms with van der Waals surface area (Å²) in [5.74, 6) is -2.00. The Kier molecular flexibility index (Phi) is 4.49. The van der Waals surface area contributed by atoms with Crippen LogP contribution in [0.3, 0.4) is 0 Å². The van der Waals surface area contributed by atoms with Gasteiger partial charge in [0, 0.05) is 25.2 Å². The summed E-state index contributed by atoms with van der Waals surface area (Å²) in [5, 5.41) is 13.6. The van der Waals surface area contributed by atoms with E-state index in [1.807, 2.05) is 0 Å². The van der Waals surface area contributed by atoms with E-state index in [0.29, 0.717) is 24.2 Å². The number of nitrogens with two attached hydrogens (primary N) is 1. The number of benzene rings is 1. The first-order valence-corrected chi connectivity index (χ1v) is 8.06. The lowest BCUT2D eigenvalue weighted by Crippen LogP contribution is -2.67. The molecule has 0 saturated carbocycles. The number of carbonyl (C=O) groups is 2. The number of hydrogen-bond acceptors (Lipinski definition) is 6. The molecule has 0 aromatic heterocycles. The maximum atomic E-state index is 14.4. The highest BCUT2D eigenvalue weighted by Crippen LogP contribution is 2.31. The van der Waals surface area contributed by atoms with E-state index in [0.717, 1.165) is 17.5 Å². The van der Waals surface area contributed by atoms with Crippen LogP contribution >= 0.6 is 0 Å². The molecule has 138 valence electrons. The highest BCUT2D eigenvalue weighted by molar-refractivity contribution is 5.84. The number of carbonyl (C=O) groups excluding carboxylic acids is 2. The van der Waals surface area contributed by atoms with Gasteiger partial charge in [-0.15, -0.1) is 0 Å². The number of para-hydroxylation sites is 1. The molecule has 1 unspecified atom stereocenters. The van der Waals surface area contributed by atoms with Gasteiger partial charge in [-0.25, -0.2) is 0 Å². The molecule has 0 bridgehead atoms. The minimum Gasteiger partial charge on any atom is -0.362 e. The van der Waals surface area contributed by atoms with Crippen molar-refractivity contribution in [1.29, 1.82) is 0 Å². The summed E-state index contributed by atoms with van der Waals surface area (Å²) in [6.45, 7) is 0.254. The highest BCUT2D eigenvalue weighted by atomic mass is 19.1. The van der Waals surface area contributed by atoms with Gasteiger partial charge in [-0.05, 0) is 18.1 Å². The number of likely N-dealkylation sites (tertiary alicyclic amines) is 1. The van der Waals surface area contributed by atoms with E-state index >= 15 is 0 Å². The molecular weight excluding hydrogens is 345 g/mol. The average molecular weight is 363 g/mol. The zero-order valence-corrected chi connectivity index (χ0v) is 13.9. The summed E-state index contributed by atoms with van der Waals surface area (Å²) >= 11 is 0. The Bertz CT molecular complexity index is 783. The van der Waals surface area contributed by atoms with Gasteiger partial charge in [0.05, 0.1) is 11.1 Å². The minimum atomic E-state index is -2.34. The first kappa shape index (κ1) is 17.6. The van der Waals surface area contributed by atoms with Crippen molar-refractivity contribution >= 4 is 17.5 Å². The van der Waals surface area contributed by atoms with E-state index in [1.165, 1.54) is 0 Å². The number of hydrogen-bond donors (Lipinski definition) is 2. The number of nitro groups is 1. The van der Waals surface area contributed by atoms with Crippen molar-refractivity contribution in [2.24, 2.45) is 5.73 Å². The third-order valence-electron chi connectivity index (χ3n) is 4.61. The lowest BCUT2D eigenvalue weighted by atomic mass is 10.1. The number of nitrogens with one attached hydrogen (secondary N) is 1. The summed E-state index contributed by atoms with van der Waals surface area (Å²) in [5.41, 5.74) is 3.82. The molecule has 9 nitrogen and oxygen atoms in total. The first-order chi connectivity index (χ1) is 12.3. The van der Waals surface area contributed by atoms with Crippen molar-refractivity contribution in [2.45, 2.75) is 25.0 Å². The van der Waals surface area contributed by atoms with E-state index in [4.69, 9.17) is 5.73 Å². The number of halogens is 1. The van der Waals surface area contributed by atoms with Gasteiger partial charge in [-0.3, -0.25) is 19.7 Å². The molecule has 2 aliphatic heterocycles. The molecule has 1 aromatic rings. The predicted octanol–water partition coefficient (Wildman–Crippen LogP) is 0.445. The lowest BCUT2D eigenvalue weighted by Gasteiger charge is -2.35. The molecule has 3 rings (SSSR count). The zero-order valence-electron chi connectivity index (χ0n) is 13.9. The molecule has 0 spiro atoms. The lowest BCUT2D eigenvalue weighted by molar-refractivity contribution is -0.555. The van der Waals surface area contributed by atoms with Gasteiger partial charge in [0.1, 0.15) is 6.54 Å². The highest BCUT2D eigenvalue weighted by Gasteiger charge is 2.53. The molecule has 1 saturated heterocycles. The fourth-order valence-corrected chi connectivity index (χ4v) is 3.14. The van der Waals surface area contributed by atoms with Crippen LogP contribution in [0, 0.1) is 10.1 Å². The van der Waals surface area contributed by atoms with Crippen LogP contribution in [0.4, 0.5) is 10.1 Å². The van der Waals surface area contributed by atoms with Crippen molar-refractivity contribution in [1.82, 2.24) is 10.2 Å².